The van der Waals surface area contributed by atoms with Crippen LogP contribution in [0.1, 0.15) is 239 Å². The molecule has 0 heterocycles. The molecule has 0 fully saturated rings. The van der Waals surface area contributed by atoms with E-state index in [0.29, 0.717) is 12.8 Å². The lowest BCUT2D eigenvalue weighted by Gasteiger charge is -2.19. The summed E-state index contributed by atoms with van der Waals surface area (Å²) < 4.78 is 32.0. The zero-order valence-corrected chi connectivity index (χ0v) is 37.7. The van der Waals surface area contributed by atoms with E-state index in [1.807, 2.05) is 0 Å². The fourth-order valence-corrected chi connectivity index (χ4v) is 7.25. The summed E-state index contributed by atoms with van der Waals surface area (Å²) in [5.41, 5.74) is 0. The zero-order valence-electron chi connectivity index (χ0n) is 36.8. The first-order valence-electron chi connectivity index (χ1n) is 23.5. The van der Waals surface area contributed by atoms with Gasteiger partial charge in [-0.1, -0.05) is 212 Å². The molecule has 9 heteroatoms. The molecule has 56 heavy (non-hydrogen) atoms. The van der Waals surface area contributed by atoms with E-state index >= 15 is 0 Å². The molecule has 0 spiro atoms. The van der Waals surface area contributed by atoms with Crippen LogP contribution in [0, 0.1) is 0 Å². The van der Waals surface area contributed by atoms with Gasteiger partial charge in [0, 0.05) is 20.0 Å². The summed E-state index contributed by atoms with van der Waals surface area (Å²) in [6, 6.07) is 0. The largest absolute Gasteiger partial charge is 0.472 e. The number of esters is 2. The highest BCUT2D eigenvalue weighted by Gasteiger charge is 2.24. The Bertz CT molecular complexity index is 968. The van der Waals surface area contributed by atoms with Gasteiger partial charge in [-0.2, -0.15) is 0 Å². The molecule has 330 valence electrons. The minimum atomic E-state index is -4.26. The molecule has 0 aromatic rings. The number of hydrogen-bond acceptors (Lipinski definition) is 7. The lowest BCUT2D eigenvalue weighted by molar-refractivity contribution is -0.161. The fourth-order valence-electron chi connectivity index (χ4n) is 6.79. The minimum absolute atomic E-state index is 0.226. The van der Waals surface area contributed by atoms with E-state index in [-0.39, 0.29) is 19.0 Å². The van der Waals surface area contributed by atoms with Gasteiger partial charge >= 0.3 is 19.8 Å². The van der Waals surface area contributed by atoms with Gasteiger partial charge in [-0.3, -0.25) is 18.6 Å². The van der Waals surface area contributed by atoms with Crippen LogP contribution in [0.5, 0.6) is 0 Å². The first-order valence-corrected chi connectivity index (χ1v) is 25.0. The topological polar surface area (TPSA) is 108 Å². The number of phosphoric acid groups is 1. The second-order valence-electron chi connectivity index (χ2n) is 15.9. The van der Waals surface area contributed by atoms with Crippen molar-refractivity contribution < 1.29 is 37.6 Å². The van der Waals surface area contributed by atoms with Crippen LogP contribution in [-0.2, 0) is 32.7 Å². The highest BCUT2D eigenvalue weighted by atomic mass is 31.2. The number of rotatable bonds is 44. The third-order valence-electron chi connectivity index (χ3n) is 10.4. The Labute approximate surface area is 345 Å². The van der Waals surface area contributed by atoms with Crippen molar-refractivity contribution in [2.75, 3.05) is 20.3 Å². The molecule has 0 rings (SSSR count). The Kier molecular flexibility index (Phi) is 42.0. The molecule has 8 nitrogen and oxygen atoms in total. The Hall–Kier alpha value is -1.47. The Morgan fingerprint density at radius 3 is 1.30 bits per heavy atom. The maximum Gasteiger partial charge on any atom is 0.472 e. The van der Waals surface area contributed by atoms with Crippen LogP contribution < -0.4 is 0 Å². The summed E-state index contributed by atoms with van der Waals surface area (Å²) in [6.07, 6.45) is 49.6. The molecule has 0 aliphatic rings. The van der Waals surface area contributed by atoms with Gasteiger partial charge in [0.2, 0.25) is 0 Å². The zero-order chi connectivity index (χ0) is 41.1. The van der Waals surface area contributed by atoms with Gasteiger partial charge in [-0.25, -0.2) is 4.57 Å². The number of hydrogen-bond donors (Lipinski definition) is 1. The highest BCUT2D eigenvalue weighted by molar-refractivity contribution is 7.47. The lowest BCUT2D eigenvalue weighted by atomic mass is 10.0. The Morgan fingerprint density at radius 2 is 0.875 bits per heavy atom. The van der Waals surface area contributed by atoms with Gasteiger partial charge in [-0.05, 0) is 38.5 Å². The van der Waals surface area contributed by atoms with E-state index in [0.717, 1.165) is 71.3 Å². The van der Waals surface area contributed by atoms with Crippen LogP contribution in [0.4, 0.5) is 0 Å². The summed E-state index contributed by atoms with van der Waals surface area (Å²) in [4.78, 5) is 34.5. The molecule has 0 radical (unpaired) electrons. The van der Waals surface area contributed by atoms with Gasteiger partial charge < -0.3 is 14.4 Å². The van der Waals surface area contributed by atoms with E-state index < -0.39 is 26.5 Å². The molecule has 2 unspecified atom stereocenters. The standard InChI is InChI=1S/C47H89O8P/c1-4-6-8-10-12-14-16-18-20-21-22-23-24-25-26-27-28-30-31-33-35-37-39-41-46(48)53-43-45(44-54-56(50,51)52-3)55-47(49)42-40-38-36-34-32-29-19-17-15-13-11-9-7-5-2/h11,13,17,19,45H,4-10,12,14-16,18,20-44H2,1-3H3,(H,50,51)/b13-11-,19-17-. The molecule has 1 N–H and O–H groups in total. The van der Waals surface area contributed by atoms with Crippen LogP contribution in [0.3, 0.4) is 0 Å². The smallest absolute Gasteiger partial charge is 0.462 e. The summed E-state index contributed by atoms with van der Waals surface area (Å²) in [5.74, 6) is -0.809. The maximum absolute atomic E-state index is 12.5. The van der Waals surface area contributed by atoms with Crippen molar-refractivity contribution in [2.45, 2.75) is 245 Å². The SMILES string of the molecule is CCCC/C=C\C/C=C\CCCCCCCC(=O)OC(COC(=O)CCCCCCCCCCCCCCCCCCCCCCCCC)COP(=O)(O)OC. The summed E-state index contributed by atoms with van der Waals surface area (Å²) in [7, 11) is -3.20. The van der Waals surface area contributed by atoms with Crippen molar-refractivity contribution in [3.8, 4) is 0 Å². The molecule has 0 aliphatic carbocycles. The van der Waals surface area contributed by atoms with E-state index in [2.05, 4.69) is 42.7 Å². The molecule has 0 bridgehead atoms. The average Bonchev–Trinajstić information content (AvgIpc) is 3.19. The number of carbonyl (C=O) groups is 2. The lowest BCUT2D eigenvalue weighted by Crippen LogP contribution is -2.29. The van der Waals surface area contributed by atoms with Crippen molar-refractivity contribution in [2.24, 2.45) is 0 Å². The minimum Gasteiger partial charge on any atom is -0.462 e. The molecule has 0 aromatic carbocycles. The van der Waals surface area contributed by atoms with Gasteiger partial charge in [0.05, 0.1) is 6.61 Å². The third-order valence-corrected chi connectivity index (χ3v) is 11.4. The Morgan fingerprint density at radius 1 is 0.500 bits per heavy atom. The first kappa shape index (κ1) is 54.5. The molecule has 0 aromatic heterocycles. The number of phosphoric ester groups is 1. The maximum atomic E-state index is 12.5. The summed E-state index contributed by atoms with van der Waals surface area (Å²) in [5, 5.41) is 0. The summed E-state index contributed by atoms with van der Waals surface area (Å²) >= 11 is 0. The number of ether oxygens (including phenoxy) is 2. The van der Waals surface area contributed by atoms with Gasteiger partial charge in [0.15, 0.2) is 6.10 Å². The number of allylic oxidation sites excluding steroid dienone is 4. The summed E-state index contributed by atoms with van der Waals surface area (Å²) in [6.45, 7) is 3.87. The van der Waals surface area contributed by atoms with E-state index in [1.54, 1.807) is 0 Å². The predicted octanol–water partition coefficient (Wildman–Crippen LogP) is 15.0. The molecular weight excluding hydrogens is 723 g/mol. The van der Waals surface area contributed by atoms with Crippen LogP contribution in [0.15, 0.2) is 24.3 Å². The van der Waals surface area contributed by atoms with Crippen molar-refractivity contribution >= 4 is 19.8 Å². The van der Waals surface area contributed by atoms with Crippen molar-refractivity contribution in [3.05, 3.63) is 24.3 Å². The van der Waals surface area contributed by atoms with Crippen LogP contribution in [-0.4, -0.2) is 43.3 Å². The molecule has 0 amide bonds. The van der Waals surface area contributed by atoms with Crippen LogP contribution in [0.25, 0.3) is 0 Å². The molecule has 2 atom stereocenters. The van der Waals surface area contributed by atoms with E-state index in [9.17, 15) is 19.0 Å². The van der Waals surface area contributed by atoms with Gasteiger partial charge in [-0.15, -0.1) is 0 Å². The van der Waals surface area contributed by atoms with E-state index in [1.165, 1.54) is 141 Å². The van der Waals surface area contributed by atoms with E-state index in [4.69, 9.17) is 14.0 Å². The van der Waals surface area contributed by atoms with Crippen molar-refractivity contribution in [1.29, 1.82) is 0 Å². The highest BCUT2D eigenvalue weighted by Crippen LogP contribution is 2.42. The molecule has 0 saturated carbocycles. The normalized spacial score (nSPS) is 13.4. The molecule has 0 aliphatic heterocycles. The quantitative estimate of drug-likeness (QED) is 0.0280. The second-order valence-corrected chi connectivity index (χ2v) is 17.5. The molecule has 0 saturated heterocycles. The average molecular weight is 813 g/mol. The Balaban J connectivity index is 3.87. The first-order chi connectivity index (χ1) is 27.3. The van der Waals surface area contributed by atoms with Crippen molar-refractivity contribution in [1.82, 2.24) is 0 Å². The van der Waals surface area contributed by atoms with Crippen LogP contribution in [0.2, 0.25) is 0 Å². The van der Waals surface area contributed by atoms with Crippen LogP contribution >= 0.6 is 7.82 Å². The monoisotopic (exact) mass is 813 g/mol. The molecular formula is C47H89O8P. The van der Waals surface area contributed by atoms with Gasteiger partial charge in [0.1, 0.15) is 6.61 Å². The number of unbranched alkanes of at least 4 members (excludes halogenated alkanes) is 29. The number of carbonyl (C=O) groups excluding carboxylic acids is 2. The second kappa shape index (κ2) is 43.1. The van der Waals surface area contributed by atoms with Crippen molar-refractivity contribution in [3.63, 3.8) is 0 Å². The van der Waals surface area contributed by atoms with Gasteiger partial charge in [0.25, 0.3) is 0 Å². The third kappa shape index (κ3) is 42.1. The predicted molar refractivity (Wildman–Crippen MR) is 235 cm³/mol. The fraction of sp³-hybridized carbons (Fsp3) is 0.872.